The van der Waals surface area contributed by atoms with Gasteiger partial charge in [-0.05, 0) is 19.1 Å². The lowest BCUT2D eigenvalue weighted by Gasteiger charge is -1.94. The minimum Gasteiger partial charge on any atom is -0.458 e. The number of aromatic amines is 2. The second-order valence-corrected chi connectivity index (χ2v) is 4.01. The summed E-state index contributed by atoms with van der Waals surface area (Å²) in [6, 6.07) is 3.55. The largest absolute Gasteiger partial charge is 0.458 e. The third-order valence-electron chi connectivity index (χ3n) is 2.73. The average molecular weight is 246 g/mol. The maximum atomic E-state index is 11.6. The van der Waals surface area contributed by atoms with Crippen LogP contribution in [0.4, 0.5) is 0 Å². The zero-order valence-electron chi connectivity index (χ0n) is 9.77. The van der Waals surface area contributed by atoms with Crippen LogP contribution in [0.1, 0.15) is 5.76 Å². The minimum absolute atomic E-state index is 0.251. The van der Waals surface area contributed by atoms with Crippen molar-refractivity contribution in [3.05, 3.63) is 38.7 Å². The van der Waals surface area contributed by atoms with E-state index in [1.165, 1.54) is 4.57 Å². The van der Waals surface area contributed by atoms with E-state index in [1.807, 2.05) is 6.92 Å². The number of aryl methyl sites for hydroxylation is 2. The number of nitrogens with one attached hydrogen (secondary N) is 2. The van der Waals surface area contributed by atoms with Crippen molar-refractivity contribution in [2.24, 2.45) is 7.05 Å². The Labute approximate surface area is 100 Å². The van der Waals surface area contributed by atoms with Crippen LogP contribution in [-0.2, 0) is 7.05 Å². The SMILES string of the molecule is Cc1ccc(-c2nc3c([nH]2)c(=O)[nH]c(=O)n3C)o1. The molecular formula is C11H10N4O3. The highest BCUT2D eigenvalue weighted by Crippen LogP contribution is 2.20. The van der Waals surface area contributed by atoms with Crippen molar-refractivity contribution < 1.29 is 4.42 Å². The van der Waals surface area contributed by atoms with Crippen LogP contribution in [0.2, 0.25) is 0 Å². The fourth-order valence-corrected chi connectivity index (χ4v) is 1.78. The summed E-state index contributed by atoms with van der Waals surface area (Å²) < 4.78 is 6.69. The van der Waals surface area contributed by atoms with Gasteiger partial charge in [0.1, 0.15) is 11.3 Å². The molecule has 2 N–H and O–H groups in total. The van der Waals surface area contributed by atoms with E-state index < -0.39 is 11.2 Å². The standard InChI is InChI=1S/C11H10N4O3/c1-5-3-4-6(18-5)8-12-7-9(13-8)15(2)11(17)14-10(7)16/h3-4H,1-2H3,(H,12,13)(H,14,16,17). The van der Waals surface area contributed by atoms with E-state index in [-0.39, 0.29) is 5.52 Å². The number of hydrogen-bond donors (Lipinski definition) is 2. The van der Waals surface area contributed by atoms with Gasteiger partial charge in [-0.25, -0.2) is 9.78 Å². The van der Waals surface area contributed by atoms with Crippen LogP contribution < -0.4 is 11.2 Å². The first-order valence-electron chi connectivity index (χ1n) is 5.32. The molecule has 3 heterocycles. The fraction of sp³-hybridized carbons (Fsp3) is 0.182. The highest BCUT2D eigenvalue weighted by atomic mass is 16.3. The zero-order valence-corrected chi connectivity index (χ0v) is 9.77. The molecule has 0 bridgehead atoms. The molecule has 3 rings (SSSR count). The zero-order chi connectivity index (χ0) is 12.9. The Kier molecular flexibility index (Phi) is 2.03. The van der Waals surface area contributed by atoms with E-state index >= 15 is 0 Å². The molecule has 0 radical (unpaired) electrons. The van der Waals surface area contributed by atoms with E-state index in [2.05, 4.69) is 15.0 Å². The number of H-pyrrole nitrogens is 2. The number of nitrogens with zero attached hydrogens (tertiary/aromatic N) is 2. The lowest BCUT2D eigenvalue weighted by molar-refractivity contribution is 0.545. The Hall–Kier alpha value is -2.57. The molecule has 0 fully saturated rings. The Morgan fingerprint density at radius 3 is 2.72 bits per heavy atom. The van der Waals surface area contributed by atoms with Gasteiger partial charge in [-0.3, -0.25) is 14.3 Å². The van der Waals surface area contributed by atoms with Gasteiger partial charge < -0.3 is 9.40 Å². The van der Waals surface area contributed by atoms with Gasteiger partial charge in [0.25, 0.3) is 5.56 Å². The van der Waals surface area contributed by atoms with Crippen molar-refractivity contribution in [2.45, 2.75) is 6.92 Å². The lowest BCUT2D eigenvalue weighted by atomic mass is 10.4. The maximum absolute atomic E-state index is 11.6. The van der Waals surface area contributed by atoms with Crippen molar-refractivity contribution in [1.82, 2.24) is 19.5 Å². The average Bonchev–Trinajstić information content (AvgIpc) is 2.92. The van der Waals surface area contributed by atoms with Crippen LogP contribution >= 0.6 is 0 Å². The molecule has 0 aliphatic heterocycles. The molecule has 92 valence electrons. The molecular weight excluding hydrogens is 236 g/mol. The van der Waals surface area contributed by atoms with Gasteiger partial charge in [0.2, 0.25) is 0 Å². The Morgan fingerprint density at radius 2 is 2.06 bits per heavy atom. The molecule has 0 saturated heterocycles. The molecule has 3 aromatic rings. The van der Waals surface area contributed by atoms with Crippen LogP contribution in [0, 0.1) is 6.92 Å². The van der Waals surface area contributed by atoms with Gasteiger partial charge in [0, 0.05) is 7.05 Å². The molecule has 7 nitrogen and oxygen atoms in total. The first-order chi connectivity index (χ1) is 8.56. The van der Waals surface area contributed by atoms with Gasteiger partial charge in [-0.2, -0.15) is 0 Å². The first-order valence-corrected chi connectivity index (χ1v) is 5.32. The molecule has 0 amide bonds. The van der Waals surface area contributed by atoms with Crippen LogP contribution in [0.25, 0.3) is 22.7 Å². The molecule has 0 spiro atoms. The predicted molar refractivity (Wildman–Crippen MR) is 64.4 cm³/mol. The summed E-state index contributed by atoms with van der Waals surface area (Å²) in [6.07, 6.45) is 0. The van der Waals surface area contributed by atoms with E-state index in [0.717, 1.165) is 5.76 Å². The Bertz CT molecular complexity index is 849. The molecule has 0 unspecified atom stereocenters. The maximum Gasteiger partial charge on any atom is 0.329 e. The van der Waals surface area contributed by atoms with Gasteiger partial charge in [-0.1, -0.05) is 0 Å². The molecule has 3 aromatic heterocycles. The van der Waals surface area contributed by atoms with Gasteiger partial charge in [0.15, 0.2) is 17.2 Å². The molecule has 0 aliphatic rings. The third kappa shape index (κ3) is 1.41. The number of furan rings is 1. The number of fused-ring (bicyclic) bond motifs is 1. The summed E-state index contributed by atoms with van der Waals surface area (Å²) in [6.45, 7) is 1.81. The van der Waals surface area contributed by atoms with Crippen LogP contribution in [0.15, 0.2) is 26.1 Å². The van der Waals surface area contributed by atoms with Crippen molar-refractivity contribution in [1.29, 1.82) is 0 Å². The second-order valence-electron chi connectivity index (χ2n) is 4.01. The van der Waals surface area contributed by atoms with E-state index in [9.17, 15) is 9.59 Å². The normalized spacial score (nSPS) is 11.2. The molecule has 0 atom stereocenters. The van der Waals surface area contributed by atoms with E-state index in [0.29, 0.717) is 17.2 Å². The van der Waals surface area contributed by atoms with Crippen LogP contribution in [0.5, 0.6) is 0 Å². The van der Waals surface area contributed by atoms with E-state index in [4.69, 9.17) is 4.42 Å². The number of hydrogen-bond acceptors (Lipinski definition) is 4. The Morgan fingerprint density at radius 1 is 1.28 bits per heavy atom. The second kappa shape index (κ2) is 3.46. The molecule has 0 aromatic carbocycles. The lowest BCUT2D eigenvalue weighted by Crippen LogP contribution is -2.28. The highest BCUT2D eigenvalue weighted by molar-refractivity contribution is 5.74. The van der Waals surface area contributed by atoms with Crippen molar-refractivity contribution in [2.75, 3.05) is 0 Å². The molecule has 18 heavy (non-hydrogen) atoms. The summed E-state index contributed by atoms with van der Waals surface area (Å²) in [5.74, 6) is 1.69. The first kappa shape index (κ1) is 10.6. The van der Waals surface area contributed by atoms with E-state index in [1.54, 1.807) is 19.2 Å². The summed E-state index contributed by atoms with van der Waals surface area (Å²) >= 11 is 0. The predicted octanol–water partition coefficient (Wildman–Crippen LogP) is 0.518. The fourth-order valence-electron chi connectivity index (χ4n) is 1.78. The monoisotopic (exact) mass is 246 g/mol. The van der Waals surface area contributed by atoms with Gasteiger partial charge >= 0.3 is 5.69 Å². The van der Waals surface area contributed by atoms with Crippen LogP contribution in [-0.4, -0.2) is 19.5 Å². The molecule has 7 heteroatoms. The van der Waals surface area contributed by atoms with Crippen LogP contribution in [0.3, 0.4) is 0 Å². The summed E-state index contributed by atoms with van der Waals surface area (Å²) in [4.78, 5) is 32.3. The number of rotatable bonds is 1. The summed E-state index contributed by atoms with van der Waals surface area (Å²) in [5, 5.41) is 0. The third-order valence-corrected chi connectivity index (χ3v) is 2.73. The number of aromatic nitrogens is 4. The van der Waals surface area contributed by atoms with Crippen molar-refractivity contribution in [3.8, 4) is 11.6 Å². The van der Waals surface area contributed by atoms with Crippen molar-refractivity contribution >= 4 is 11.2 Å². The quantitative estimate of drug-likeness (QED) is 0.654. The summed E-state index contributed by atoms with van der Waals surface area (Å²) in [5.41, 5.74) is -0.440. The Balaban J connectivity index is 2.35. The molecule has 0 aliphatic carbocycles. The molecule has 0 saturated carbocycles. The number of imidazole rings is 1. The van der Waals surface area contributed by atoms with Gasteiger partial charge in [-0.15, -0.1) is 0 Å². The highest BCUT2D eigenvalue weighted by Gasteiger charge is 2.13. The van der Waals surface area contributed by atoms with Crippen molar-refractivity contribution in [3.63, 3.8) is 0 Å². The minimum atomic E-state index is -0.499. The summed E-state index contributed by atoms with van der Waals surface area (Å²) in [7, 11) is 1.54. The van der Waals surface area contributed by atoms with Gasteiger partial charge in [0.05, 0.1) is 0 Å². The smallest absolute Gasteiger partial charge is 0.329 e. The topological polar surface area (TPSA) is 96.7 Å².